The summed E-state index contributed by atoms with van der Waals surface area (Å²) in [4.78, 5) is 38.1. The third kappa shape index (κ3) is 53.4. The molecule has 0 rings (SSSR count). The first-order valence-corrected chi connectivity index (χ1v) is 29.7. The normalized spacial score (nSPS) is 12.0. The fraction of sp³-hybridized carbons (Fsp3) is 0.950. The van der Waals surface area contributed by atoms with E-state index in [1.165, 1.54) is 225 Å². The molecule has 0 aromatic rings. The molecule has 0 unspecified atom stereocenters. The molecule has 0 bridgehead atoms. The van der Waals surface area contributed by atoms with E-state index >= 15 is 0 Å². The van der Waals surface area contributed by atoms with Gasteiger partial charge in [-0.1, -0.05) is 298 Å². The maximum atomic E-state index is 12.8. The lowest BCUT2D eigenvalue weighted by atomic mass is 10.0. The molecule has 0 fully saturated rings. The van der Waals surface area contributed by atoms with Gasteiger partial charge in [-0.25, -0.2) is 0 Å². The Bertz CT molecular complexity index is 1010. The molecular weight excluding hydrogens is 817 g/mol. The van der Waals surface area contributed by atoms with Crippen LogP contribution in [0, 0.1) is 11.8 Å². The Hall–Kier alpha value is -1.59. The number of hydrogen-bond acceptors (Lipinski definition) is 6. The first kappa shape index (κ1) is 64.4. The van der Waals surface area contributed by atoms with Gasteiger partial charge in [-0.05, 0) is 31.1 Å². The minimum atomic E-state index is -0.763. The highest BCUT2D eigenvalue weighted by Crippen LogP contribution is 2.18. The van der Waals surface area contributed by atoms with Crippen LogP contribution in [-0.4, -0.2) is 37.2 Å². The van der Waals surface area contributed by atoms with Gasteiger partial charge >= 0.3 is 17.9 Å². The summed E-state index contributed by atoms with van der Waals surface area (Å²) in [5.41, 5.74) is 0. The summed E-state index contributed by atoms with van der Waals surface area (Å²) in [6, 6.07) is 0. The van der Waals surface area contributed by atoms with E-state index in [0.29, 0.717) is 19.3 Å². The number of ether oxygens (including phenoxy) is 3. The first-order chi connectivity index (χ1) is 32.2. The molecule has 6 nitrogen and oxygen atoms in total. The monoisotopic (exact) mass is 933 g/mol. The first-order valence-electron chi connectivity index (χ1n) is 29.7. The van der Waals surface area contributed by atoms with Gasteiger partial charge in [0, 0.05) is 19.3 Å². The van der Waals surface area contributed by atoms with Gasteiger partial charge in [0.15, 0.2) is 6.10 Å². The van der Waals surface area contributed by atoms with Crippen LogP contribution in [0.2, 0.25) is 0 Å². The van der Waals surface area contributed by atoms with Crippen LogP contribution in [0.5, 0.6) is 0 Å². The highest BCUT2D eigenvalue weighted by Gasteiger charge is 2.19. The molecule has 0 saturated carbocycles. The van der Waals surface area contributed by atoms with Crippen molar-refractivity contribution in [3.05, 3.63) is 0 Å². The fourth-order valence-corrected chi connectivity index (χ4v) is 9.23. The van der Waals surface area contributed by atoms with Gasteiger partial charge in [0.25, 0.3) is 0 Å². The Balaban J connectivity index is 4.23. The number of esters is 3. The van der Waals surface area contributed by atoms with E-state index < -0.39 is 6.10 Å². The van der Waals surface area contributed by atoms with Crippen molar-refractivity contribution in [3.63, 3.8) is 0 Å². The predicted octanol–water partition coefficient (Wildman–Crippen LogP) is 19.7. The van der Waals surface area contributed by atoms with Crippen molar-refractivity contribution in [2.75, 3.05) is 13.2 Å². The molecule has 0 saturated heterocycles. The molecule has 0 spiro atoms. The van der Waals surface area contributed by atoms with Crippen molar-refractivity contribution in [1.29, 1.82) is 0 Å². The zero-order valence-corrected chi connectivity index (χ0v) is 45.3. The number of carbonyl (C=O) groups excluding carboxylic acids is 3. The average molecular weight is 934 g/mol. The van der Waals surface area contributed by atoms with Crippen LogP contribution in [0.1, 0.15) is 336 Å². The van der Waals surface area contributed by atoms with Crippen molar-refractivity contribution in [2.45, 2.75) is 343 Å². The molecule has 392 valence electrons. The maximum absolute atomic E-state index is 12.8. The summed E-state index contributed by atoms with van der Waals surface area (Å²) in [5.74, 6) is 0.837. The molecule has 0 amide bonds. The van der Waals surface area contributed by atoms with E-state index in [1.807, 2.05) is 0 Å². The molecule has 0 N–H and O–H groups in total. The maximum Gasteiger partial charge on any atom is 0.306 e. The molecule has 66 heavy (non-hydrogen) atoms. The zero-order valence-electron chi connectivity index (χ0n) is 45.3. The zero-order chi connectivity index (χ0) is 48.2. The van der Waals surface area contributed by atoms with Crippen LogP contribution in [0.25, 0.3) is 0 Å². The Labute approximate surface area is 412 Å². The molecule has 0 aliphatic heterocycles. The third-order valence-corrected chi connectivity index (χ3v) is 13.7. The molecule has 1 atom stereocenters. The van der Waals surface area contributed by atoms with Crippen molar-refractivity contribution >= 4 is 17.9 Å². The Morgan fingerprint density at radius 3 is 0.742 bits per heavy atom. The minimum Gasteiger partial charge on any atom is -0.462 e. The van der Waals surface area contributed by atoms with Crippen LogP contribution in [0.4, 0.5) is 0 Å². The van der Waals surface area contributed by atoms with Gasteiger partial charge in [-0.3, -0.25) is 14.4 Å². The van der Waals surface area contributed by atoms with E-state index in [2.05, 4.69) is 34.6 Å². The van der Waals surface area contributed by atoms with Crippen molar-refractivity contribution in [1.82, 2.24) is 0 Å². The molecule has 0 aliphatic carbocycles. The summed E-state index contributed by atoms with van der Waals surface area (Å²) >= 11 is 0. The number of rotatable bonds is 54. The molecule has 6 heteroatoms. The van der Waals surface area contributed by atoms with E-state index in [-0.39, 0.29) is 31.1 Å². The quantitative estimate of drug-likeness (QED) is 0.0343. The number of unbranched alkanes of at least 4 members (excludes halogenated alkanes) is 39. The van der Waals surface area contributed by atoms with Gasteiger partial charge in [-0.2, -0.15) is 0 Å². The van der Waals surface area contributed by atoms with Crippen LogP contribution >= 0.6 is 0 Å². The Morgan fingerprint density at radius 1 is 0.288 bits per heavy atom. The van der Waals surface area contributed by atoms with Crippen LogP contribution < -0.4 is 0 Å². The van der Waals surface area contributed by atoms with Gasteiger partial charge in [-0.15, -0.1) is 0 Å². The molecule has 0 aromatic carbocycles. The van der Waals surface area contributed by atoms with Crippen LogP contribution in [0.3, 0.4) is 0 Å². The highest BCUT2D eigenvalue weighted by atomic mass is 16.6. The van der Waals surface area contributed by atoms with E-state index in [1.54, 1.807) is 0 Å². The highest BCUT2D eigenvalue weighted by molar-refractivity contribution is 5.71. The van der Waals surface area contributed by atoms with Gasteiger partial charge in [0.1, 0.15) is 13.2 Å². The number of carbonyl (C=O) groups is 3. The van der Waals surface area contributed by atoms with Gasteiger partial charge in [0.2, 0.25) is 0 Å². The Morgan fingerprint density at radius 2 is 0.500 bits per heavy atom. The van der Waals surface area contributed by atoms with Crippen molar-refractivity contribution < 1.29 is 28.6 Å². The standard InChI is InChI=1S/C60H116O6/c1-6-7-8-9-10-11-12-13-21-24-30-35-40-45-50-58(61)64-53-57(66-60(63)52-47-42-37-32-27-26-29-34-39-44-49-56(4)5)54-65-59(62)51-46-41-36-31-25-22-19-17-15-14-16-18-20-23-28-33-38-43-48-55(2)3/h55-57H,6-54H2,1-5H3/t57-/m1/s1. The summed E-state index contributed by atoms with van der Waals surface area (Å²) in [5, 5.41) is 0. The largest absolute Gasteiger partial charge is 0.462 e. The molecule has 0 heterocycles. The fourth-order valence-electron chi connectivity index (χ4n) is 9.23. The minimum absolute atomic E-state index is 0.0626. The lowest BCUT2D eigenvalue weighted by Crippen LogP contribution is -2.30. The topological polar surface area (TPSA) is 78.9 Å². The third-order valence-electron chi connectivity index (χ3n) is 13.7. The smallest absolute Gasteiger partial charge is 0.306 e. The molecular formula is C60H116O6. The lowest BCUT2D eigenvalue weighted by molar-refractivity contribution is -0.167. The van der Waals surface area contributed by atoms with Crippen LogP contribution in [0.15, 0.2) is 0 Å². The second kappa shape index (κ2) is 52.8. The van der Waals surface area contributed by atoms with E-state index in [4.69, 9.17) is 14.2 Å². The summed E-state index contributed by atoms with van der Waals surface area (Å²) in [6.07, 6.45) is 56.7. The van der Waals surface area contributed by atoms with Crippen molar-refractivity contribution in [2.24, 2.45) is 11.8 Å². The predicted molar refractivity (Wildman–Crippen MR) is 284 cm³/mol. The second-order valence-electron chi connectivity index (χ2n) is 21.6. The summed E-state index contributed by atoms with van der Waals surface area (Å²) in [6.45, 7) is 11.4. The Kier molecular flexibility index (Phi) is 51.5. The SMILES string of the molecule is CCCCCCCCCCCCCCCCC(=O)OC[C@H](COC(=O)CCCCCCCCCCCCCCCCCCCCC(C)C)OC(=O)CCCCCCCCCCCCC(C)C. The summed E-state index contributed by atoms with van der Waals surface area (Å²) < 4.78 is 16.9. The number of hydrogen-bond donors (Lipinski definition) is 0. The second-order valence-corrected chi connectivity index (χ2v) is 21.6. The van der Waals surface area contributed by atoms with Crippen molar-refractivity contribution in [3.8, 4) is 0 Å². The van der Waals surface area contributed by atoms with Gasteiger partial charge < -0.3 is 14.2 Å². The molecule has 0 aromatic heterocycles. The molecule has 0 radical (unpaired) electrons. The summed E-state index contributed by atoms with van der Waals surface area (Å²) in [7, 11) is 0. The lowest BCUT2D eigenvalue weighted by Gasteiger charge is -2.18. The van der Waals surface area contributed by atoms with Crippen LogP contribution in [-0.2, 0) is 28.6 Å². The van der Waals surface area contributed by atoms with Gasteiger partial charge in [0.05, 0.1) is 0 Å². The van der Waals surface area contributed by atoms with E-state index in [9.17, 15) is 14.4 Å². The van der Waals surface area contributed by atoms with E-state index in [0.717, 1.165) is 69.6 Å². The average Bonchev–Trinajstić information content (AvgIpc) is 3.29. The molecule has 0 aliphatic rings.